The summed E-state index contributed by atoms with van der Waals surface area (Å²) in [5.74, 6) is 0.0162. The summed E-state index contributed by atoms with van der Waals surface area (Å²) < 4.78 is 11.9. The second-order valence-corrected chi connectivity index (χ2v) is 7.14. The van der Waals surface area contributed by atoms with Crippen molar-refractivity contribution in [1.29, 1.82) is 0 Å². The first kappa shape index (κ1) is 16.4. The molecule has 0 unspecified atom stereocenters. The second-order valence-electron chi connectivity index (χ2n) is 6.23. The van der Waals surface area contributed by atoms with Crippen molar-refractivity contribution < 1.29 is 19.2 Å². The maximum absolute atomic E-state index is 11.6. The molecule has 0 bridgehead atoms. The molecule has 1 aromatic heterocycles. The highest BCUT2D eigenvalue weighted by atomic mass is 32.1. The van der Waals surface area contributed by atoms with Gasteiger partial charge in [-0.2, -0.15) is 0 Å². The first-order valence-corrected chi connectivity index (χ1v) is 7.81. The molecule has 2 rings (SSSR count). The highest BCUT2D eigenvalue weighted by Crippen LogP contribution is 2.39. The van der Waals surface area contributed by atoms with Crippen LogP contribution >= 0.6 is 11.3 Å². The number of aliphatic hydroxyl groups excluding tert-OH is 1. The lowest BCUT2D eigenvalue weighted by Gasteiger charge is -2.32. The molecule has 1 saturated heterocycles. The fraction of sp³-hybridized carbons (Fsp3) is 0.533. The highest BCUT2D eigenvalue weighted by molar-refractivity contribution is 7.12. The summed E-state index contributed by atoms with van der Waals surface area (Å²) in [5.41, 5.74) is 0.509. The summed E-state index contributed by atoms with van der Waals surface area (Å²) in [6.45, 7) is 9.23. The number of Topliss-reactive ketones (excluding diaryl/α,β-unsaturated/α-hetero) is 1. The Bertz CT molecular complexity index is 558. The second kappa shape index (κ2) is 5.68. The van der Waals surface area contributed by atoms with Crippen LogP contribution in [0.1, 0.15) is 49.9 Å². The Hall–Kier alpha value is -0.945. The SMILES string of the molecule is CC(=O)c1sccc1C=C(CO)B1OC(C)(C)C(C)(C)O1. The smallest absolute Gasteiger partial charge is 0.400 e. The summed E-state index contributed by atoms with van der Waals surface area (Å²) in [4.78, 5) is 12.3. The minimum atomic E-state index is -0.597. The fourth-order valence-electron chi connectivity index (χ4n) is 2.10. The predicted octanol–water partition coefficient (Wildman–Crippen LogP) is 2.96. The van der Waals surface area contributed by atoms with Crippen LogP contribution in [0.3, 0.4) is 0 Å². The molecule has 1 aromatic rings. The third-order valence-electron chi connectivity index (χ3n) is 4.09. The van der Waals surface area contributed by atoms with Crippen LogP contribution in [0.2, 0.25) is 0 Å². The van der Waals surface area contributed by atoms with E-state index in [-0.39, 0.29) is 12.4 Å². The lowest BCUT2D eigenvalue weighted by atomic mass is 9.77. The third-order valence-corrected chi connectivity index (χ3v) is 5.13. The highest BCUT2D eigenvalue weighted by Gasteiger charge is 2.52. The lowest BCUT2D eigenvalue weighted by Crippen LogP contribution is -2.41. The van der Waals surface area contributed by atoms with Crippen LogP contribution < -0.4 is 0 Å². The maximum atomic E-state index is 11.6. The Morgan fingerprint density at radius 3 is 2.38 bits per heavy atom. The Labute approximate surface area is 129 Å². The first-order chi connectivity index (χ1) is 9.68. The Morgan fingerprint density at radius 2 is 1.90 bits per heavy atom. The summed E-state index contributed by atoms with van der Waals surface area (Å²) in [7, 11) is -0.597. The van der Waals surface area contributed by atoms with E-state index in [1.165, 1.54) is 18.3 Å². The van der Waals surface area contributed by atoms with Gasteiger partial charge < -0.3 is 14.4 Å². The minimum absolute atomic E-state index is 0.0162. The van der Waals surface area contributed by atoms with E-state index in [2.05, 4.69) is 0 Å². The minimum Gasteiger partial charge on any atom is -0.400 e. The molecule has 0 spiro atoms. The molecule has 0 aliphatic carbocycles. The van der Waals surface area contributed by atoms with Crippen molar-refractivity contribution in [2.24, 2.45) is 0 Å². The van der Waals surface area contributed by atoms with E-state index < -0.39 is 18.3 Å². The molecule has 4 nitrogen and oxygen atoms in total. The molecule has 21 heavy (non-hydrogen) atoms. The average molecular weight is 308 g/mol. The molecule has 0 atom stereocenters. The van der Waals surface area contributed by atoms with Crippen LogP contribution in [0.4, 0.5) is 0 Å². The molecule has 1 aliphatic rings. The van der Waals surface area contributed by atoms with Gasteiger partial charge in [0, 0.05) is 0 Å². The topological polar surface area (TPSA) is 55.8 Å². The third kappa shape index (κ3) is 3.13. The molecule has 1 aliphatic heterocycles. The number of aliphatic hydroxyl groups is 1. The van der Waals surface area contributed by atoms with Crippen LogP contribution in [0.15, 0.2) is 16.9 Å². The van der Waals surface area contributed by atoms with Crippen molar-refractivity contribution in [3.63, 3.8) is 0 Å². The summed E-state index contributed by atoms with van der Waals surface area (Å²) in [6, 6.07) is 1.86. The molecule has 2 heterocycles. The number of rotatable bonds is 4. The van der Waals surface area contributed by atoms with Gasteiger partial charge in [-0.25, -0.2) is 0 Å². The van der Waals surface area contributed by atoms with E-state index in [4.69, 9.17) is 9.31 Å². The Morgan fingerprint density at radius 1 is 1.33 bits per heavy atom. The van der Waals surface area contributed by atoms with Crippen molar-refractivity contribution in [3.05, 3.63) is 27.4 Å². The standard InChI is InChI=1S/C15H21BO4S/c1-10(18)13-11(6-7-21-13)8-12(9-17)16-19-14(2,3)15(4,5)20-16/h6-8,17H,9H2,1-5H3. The van der Waals surface area contributed by atoms with E-state index in [0.29, 0.717) is 10.3 Å². The maximum Gasteiger partial charge on any atom is 0.492 e. The predicted molar refractivity (Wildman–Crippen MR) is 85.5 cm³/mol. The molecule has 0 amide bonds. The number of carbonyl (C=O) groups excluding carboxylic acids is 1. The molecule has 6 heteroatoms. The number of hydrogen-bond donors (Lipinski definition) is 1. The molecular formula is C15H21BO4S. The van der Waals surface area contributed by atoms with Crippen LogP contribution in [-0.2, 0) is 9.31 Å². The number of ketones is 1. The quantitative estimate of drug-likeness (QED) is 0.686. The summed E-state index contributed by atoms with van der Waals surface area (Å²) in [5, 5.41) is 11.5. The van der Waals surface area contributed by atoms with Gasteiger partial charge >= 0.3 is 7.12 Å². The van der Waals surface area contributed by atoms with E-state index in [0.717, 1.165) is 5.56 Å². The van der Waals surface area contributed by atoms with Gasteiger partial charge in [-0.1, -0.05) is 6.08 Å². The Kier molecular flexibility index (Phi) is 4.45. The number of hydrogen-bond acceptors (Lipinski definition) is 5. The van der Waals surface area contributed by atoms with Crippen molar-refractivity contribution >= 4 is 30.3 Å². The Balaban J connectivity index is 2.31. The van der Waals surface area contributed by atoms with Crippen LogP contribution in [0.5, 0.6) is 0 Å². The zero-order valence-corrected chi connectivity index (χ0v) is 13.9. The fourth-order valence-corrected chi connectivity index (χ4v) is 2.88. The monoisotopic (exact) mass is 308 g/mol. The number of thiophene rings is 1. The number of carbonyl (C=O) groups is 1. The van der Waals surface area contributed by atoms with Gasteiger partial charge in [-0.15, -0.1) is 11.3 Å². The van der Waals surface area contributed by atoms with Gasteiger partial charge in [0.2, 0.25) is 0 Å². The van der Waals surface area contributed by atoms with Gasteiger partial charge in [0.25, 0.3) is 0 Å². The molecular weight excluding hydrogens is 287 g/mol. The van der Waals surface area contributed by atoms with Crippen molar-refractivity contribution in [1.82, 2.24) is 0 Å². The first-order valence-electron chi connectivity index (χ1n) is 6.93. The molecule has 0 radical (unpaired) electrons. The van der Waals surface area contributed by atoms with Gasteiger partial charge in [0.05, 0.1) is 22.7 Å². The normalized spacial score (nSPS) is 20.9. The van der Waals surface area contributed by atoms with Gasteiger partial charge in [0.1, 0.15) is 0 Å². The van der Waals surface area contributed by atoms with Crippen molar-refractivity contribution in [3.8, 4) is 0 Å². The van der Waals surface area contributed by atoms with E-state index in [1.54, 1.807) is 6.08 Å². The van der Waals surface area contributed by atoms with E-state index in [9.17, 15) is 9.90 Å². The molecule has 114 valence electrons. The zero-order valence-electron chi connectivity index (χ0n) is 13.1. The molecule has 0 saturated carbocycles. The molecule has 0 aromatic carbocycles. The van der Waals surface area contributed by atoms with E-state index in [1.807, 2.05) is 39.1 Å². The summed E-state index contributed by atoms with van der Waals surface area (Å²) in [6.07, 6.45) is 1.79. The molecule has 1 N–H and O–H groups in total. The average Bonchev–Trinajstić information content (AvgIpc) is 2.89. The van der Waals surface area contributed by atoms with Crippen molar-refractivity contribution in [2.75, 3.05) is 6.61 Å². The summed E-state index contributed by atoms with van der Waals surface area (Å²) >= 11 is 1.39. The van der Waals surface area contributed by atoms with Crippen LogP contribution in [-0.4, -0.2) is 35.8 Å². The van der Waals surface area contributed by atoms with Crippen LogP contribution in [0, 0.1) is 0 Å². The van der Waals surface area contributed by atoms with Crippen molar-refractivity contribution in [2.45, 2.75) is 45.8 Å². The van der Waals surface area contributed by atoms with E-state index >= 15 is 0 Å². The van der Waals surface area contributed by atoms with Gasteiger partial charge in [-0.05, 0) is 57.1 Å². The zero-order chi connectivity index (χ0) is 15.8. The largest absolute Gasteiger partial charge is 0.492 e. The van der Waals surface area contributed by atoms with Gasteiger partial charge in [-0.3, -0.25) is 4.79 Å². The lowest BCUT2D eigenvalue weighted by molar-refractivity contribution is 0.00578. The molecule has 1 fully saturated rings. The van der Waals surface area contributed by atoms with Crippen LogP contribution in [0.25, 0.3) is 6.08 Å². The van der Waals surface area contributed by atoms with Gasteiger partial charge in [0.15, 0.2) is 5.78 Å².